The number of aromatic nitrogens is 2. The zero-order valence-electron chi connectivity index (χ0n) is 14.7. The molecular formula is C17H29Cl2N5O. The number of hydrogen-bond acceptors (Lipinski definition) is 4. The molecule has 3 heterocycles. The molecule has 3 fully saturated rings. The van der Waals surface area contributed by atoms with Gasteiger partial charge in [0.15, 0.2) is 0 Å². The van der Waals surface area contributed by atoms with Gasteiger partial charge in [-0.2, -0.15) is 5.10 Å². The summed E-state index contributed by atoms with van der Waals surface area (Å²) in [4.78, 5) is 15.0. The molecule has 1 aromatic rings. The number of carbonyl (C=O) groups excluding carboxylic acids is 1. The highest BCUT2D eigenvalue weighted by Crippen LogP contribution is 2.58. The minimum absolute atomic E-state index is 0. The third-order valence-corrected chi connectivity index (χ3v) is 5.93. The molecule has 0 bridgehead atoms. The molecule has 0 aromatic carbocycles. The van der Waals surface area contributed by atoms with Crippen molar-refractivity contribution in [2.75, 3.05) is 31.1 Å². The summed E-state index contributed by atoms with van der Waals surface area (Å²) in [5.41, 5.74) is 1.49. The number of hydrogen-bond donors (Lipinski definition) is 2. The van der Waals surface area contributed by atoms with Crippen molar-refractivity contribution >= 4 is 36.4 Å². The van der Waals surface area contributed by atoms with E-state index in [1.165, 1.54) is 0 Å². The Kier molecular flexibility index (Phi) is 6.62. The quantitative estimate of drug-likeness (QED) is 0.826. The van der Waals surface area contributed by atoms with Crippen LogP contribution in [0.25, 0.3) is 0 Å². The normalized spacial score (nSPS) is 27.2. The maximum Gasteiger partial charge on any atom is 0.223 e. The summed E-state index contributed by atoms with van der Waals surface area (Å²) in [5, 5.41) is 11.0. The summed E-state index contributed by atoms with van der Waals surface area (Å²) in [6.07, 6.45) is 9.60. The van der Waals surface area contributed by atoms with Crippen molar-refractivity contribution in [2.24, 2.45) is 18.4 Å². The third-order valence-electron chi connectivity index (χ3n) is 5.93. The van der Waals surface area contributed by atoms with Gasteiger partial charge in [-0.05, 0) is 50.6 Å². The molecule has 25 heavy (non-hydrogen) atoms. The molecule has 1 saturated carbocycles. The highest BCUT2D eigenvalue weighted by molar-refractivity contribution is 5.85. The summed E-state index contributed by atoms with van der Waals surface area (Å²) in [6, 6.07) is 0.274. The molecular weight excluding hydrogens is 361 g/mol. The Bertz CT molecular complexity index is 587. The summed E-state index contributed by atoms with van der Waals surface area (Å²) in [7, 11) is 1.94. The maximum absolute atomic E-state index is 12.6. The number of amides is 1. The molecule has 8 heteroatoms. The topological polar surface area (TPSA) is 62.2 Å². The van der Waals surface area contributed by atoms with Gasteiger partial charge in [-0.1, -0.05) is 0 Å². The fraction of sp³-hybridized carbons (Fsp3) is 0.765. The van der Waals surface area contributed by atoms with Crippen molar-refractivity contribution in [3.63, 3.8) is 0 Å². The highest BCUT2D eigenvalue weighted by atomic mass is 35.5. The SMILES string of the molecule is Cl.Cl.Cn1cc(N2CCCC(NC(=O)C3CC34CCNCC4)C2)cn1. The van der Waals surface area contributed by atoms with Crippen LogP contribution < -0.4 is 15.5 Å². The molecule has 2 saturated heterocycles. The van der Waals surface area contributed by atoms with E-state index in [2.05, 4.69) is 26.8 Å². The van der Waals surface area contributed by atoms with Crippen LogP contribution >= 0.6 is 24.8 Å². The average Bonchev–Trinajstić information content (AvgIpc) is 3.06. The summed E-state index contributed by atoms with van der Waals surface area (Å²) < 4.78 is 1.84. The first-order chi connectivity index (χ1) is 11.2. The van der Waals surface area contributed by atoms with Gasteiger partial charge in [-0.3, -0.25) is 9.48 Å². The van der Waals surface area contributed by atoms with E-state index in [9.17, 15) is 4.79 Å². The number of carbonyl (C=O) groups is 1. The molecule has 3 aliphatic rings. The van der Waals surface area contributed by atoms with Crippen molar-refractivity contribution in [2.45, 2.75) is 38.1 Å². The molecule has 2 unspecified atom stereocenters. The minimum atomic E-state index is 0. The Morgan fingerprint density at radius 3 is 2.80 bits per heavy atom. The second-order valence-corrected chi connectivity index (χ2v) is 7.54. The number of rotatable bonds is 3. The monoisotopic (exact) mass is 389 g/mol. The van der Waals surface area contributed by atoms with Crippen LogP contribution in [0.5, 0.6) is 0 Å². The fourth-order valence-corrected chi connectivity index (χ4v) is 4.40. The van der Waals surface area contributed by atoms with Crippen molar-refractivity contribution < 1.29 is 4.79 Å². The van der Waals surface area contributed by atoms with Gasteiger partial charge in [0.1, 0.15) is 0 Å². The van der Waals surface area contributed by atoms with Gasteiger partial charge in [0.25, 0.3) is 0 Å². The van der Waals surface area contributed by atoms with Gasteiger partial charge >= 0.3 is 0 Å². The summed E-state index contributed by atoms with van der Waals surface area (Å²) in [6.45, 7) is 4.10. The fourth-order valence-electron chi connectivity index (χ4n) is 4.40. The van der Waals surface area contributed by atoms with Gasteiger partial charge in [0, 0.05) is 38.3 Å². The van der Waals surface area contributed by atoms with E-state index in [0.29, 0.717) is 11.3 Å². The predicted octanol–water partition coefficient (Wildman–Crippen LogP) is 1.74. The first kappa shape index (κ1) is 20.3. The maximum atomic E-state index is 12.6. The van der Waals surface area contributed by atoms with Crippen molar-refractivity contribution in [1.82, 2.24) is 20.4 Å². The van der Waals surface area contributed by atoms with E-state index in [0.717, 1.165) is 64.0 Å². The Morgan fingerprint density at radius 2 is 2.12 bits per heavy atom. The van der Waals surface area contributed by atoms with Gasteiger partial charge in [0.05, 0.1) is 11.9 Å². The van der Waals surface area contributed by atoms with Crippen molar-refractivity contribution in [3.8, 4) is 0 Å². The Labute approximate surface area is 161 Å². The van der Waals surface area contributed by atoms with E-state index in [1.807, 2.05) is 17.9 Å². The third kappa shape index (κ3) is 4.23. The number of aryl methyl sites for hydroxylation is 1. The van der Waals surface area contributed by atoms with Gasteiger partial charge in [-0.15, -0.1) is 24.8 Å². The summed E-state index contributed by atoms with van der Waals surface area (Å²) in [5.74, 6) is 0.559. The lowest BCUT2D eigenvalue weighted by molar-refractivity contribution is -0.124. The zero-order valence-corrected chi connectivity index (χ0v) is 16.4. The van der Waals surface area contributed by atoms with Gasteiger partial charge in [0.2, 0.25) is 5.91 Å². The van der Waals surface area contributed by atoms with Crippen LogP contribution in [0.4, 0.5) is 5.69 Å². The molecule has 142 valence electrons. The molecule has 1 aromatic heterocycles. The smallest absolute Gasteiger partial charge is 0.223 e. The van der Waals surface area contributed by atoms with E-state index in [4.69, 9.17) is 0 Å². The van der Waals surface area contributed by atoms with E-state index in [1.54, 1.807) is 0 Å². The molecule has 1 amide bonds. The van der Waals surface area contributed by atoms with Crippen LogP contribution in [0.3, 0.4) is 0 Å². The lowest BCUT2D eigenvalue weighted by Crippen LogP contribution is -2.48. The molecule has 2 aliphatic heterocycles. The Balaban J connectivity index is 0.00000113. The van der Waals surface area contributed by atoms with Crippen LogP contribution in [0.15, 0.2) is 12.4 Å². The second-order valence-electron chi connectivity index (χ2n) is 7.54. The molecule has 6 nitrogen and oxygen atoms in total. The molecule has 2 atom stereocenters. The predicted molar refractivity (Wildman–Crippen MR) is 104 cm³/mol. The number of nitrogens with zero attached hydrogens (tertiary/aromatic N) is 3. The molecule has 0 radical (unpaired) electrons. The zero-order chi connectivity index (χ0) is 15.9. The average molecular weight is 390 g/mol. The van der Waals surface area contributed by atoms with Crippen molar-refractivity contribution in [3.05, 3.63) is 12.4 Å². The Hall–Kier alpha value is -0.980. The van der Waals surface area contributed by atoms with Crippen LogP contribution in [-0.4, -0.2) is 47.9 Å². The largest absolute Gasteiger partial charge is 0.367 e. The molecule has 1 aliphatic carbocycles. The lowest BCUT2D eigenvalue weighted by Gasteiger charge is -2.34. The number of nitrogens with one attached hydrogen (secondary N) is 2. The first-order valence-corrected chi connectivity index (χ1v) is 8.91. The first-order valence-electron chi connectivity index (χ1n) is 8.91. The van der Waals surface area contributed by atoms with Gasteiger partial charge < -0.3 is 15.5 Å². The number of anilines is 1. The summed E-state index contributed by atoms with van der Waals surface area (Å²) >= 11 is 0. The van der Waals surface area contributed by atoms with E-state index in [-0.39, 0.29) is 36.8 Å². The van der Waals surface area contributed by atoms with Crippen molar-refractivity contribution in [1.29, 1.82) is 0 Å². The molecule has 4 rings (SSSR count). The second kappa shape index (κ2) is 8.14. The van der Waals surface area contributed by atoms with Crippen LogP contribution in [-0.2, 0) is 11.8 Å². The highest BCUT2D eigenvalue weighted by Gasteiger charge is 2.57. The molecule has 2 N–H and O–H groups in total. The number of piperidine rings is 2. The van der Waals surface area contributed by atoms with E-state index >= 15 is 0 Å². The minimum Gasteiger partial charge on any atom is -0.367 e. The van der Waals surface area contributed by atoms with Crippen LogP contribution in [0, 0.1) is 11.3 Å². The van der Waals surface area contributed by atoms with Crippen LogP contribution in [0.2, 0.25) is 0 Å². The van der Waals surface area contributed by atoms with Crippen LogP contribution in [0.1, 0.15) is 32.1 Å². The Morgan fingerprint density at radius 1 is 1.36 bits per heavy atom. The lowest BCUT2D eigenvalue weighted by atomic mass is 9.91. The molecule has 1 spiro atoms. The van der Waals surface area contributed by atoms with E-state index < -0.39 is 0 Å². The standard InChI is InChI=1S/C17H27N5O.2ClH/c1-21-12-14(10-19-21)22-8-2-3-13(11-22)20-16(23)15-9-17(15)4-6-18-7-5-17;;/h10,12-13,15,18H,2-9,11H2,1H3,(H,20,23);2*1H. The number of halogens is 2. The van der Waals surface area contributed by atoms with Gasteiger partial charge in [-0.25, -0.2) is 0 Å².